The number of ether oxygens (including phenoxy) is 1. The first kappa shape index (κ1) is 20.4. The van der Waals surface area contributed by atoms with Gasteiger partial charge in [-0.2, -0.15) is 5.26 Å². The van der Waals surface area contributed by atoms with Gasteiger partial charge in [0.2, 0.25) is 0 Å². The number of fused-ring (bicyclic) bond motifs is 2. The van der Waals surface area contributed by atoms with Gasteiger partial charge in [-0.3, -0.25) is 4.79 Å². The van der Waals surface area contributed by atoms with Crippen LogP contribution in [0, 0.1) is 22.7 Å². The van der Waals surface area contributed by atoms with E-state index in [0.717, 1.165) is 35.6 Å². The molecule has 0 fully saturated rings. The molecule has 1 amide bonds. The van der Waals surface area contributed by atoms with Gasteiger partial charge in [-0.1, -0.05) is 45.0 Å². The molecule has 4 rings (SSSR count). The molecule has 5 heteroatoms. The van der Waals surface area contributed by atoms with Crippen LogP contribution in [0.25, 0.3) is 10.8 Å². The number of nitrogens with zero attached hydrogens (tertiary/aromatic N) is 1. The highest BCUT2D eigenvalue weighted by atomic mass is 32.1. The van der Waals surface area contributed by atoms with Crippen LogP contribution in [0.2, 0.25) is 0 Å². The molecule has 1 aromatic heterocycles. The van der Waals surface area contributed by atoms with Crippen LogP contribution in [-0.4, -0.2) is 13.0 Å². The number of thiophene rings is 1. The summed E-state index contributed by atoms with van der Waals surface area (Å²) in [4.78, 5) is 14.4. The maximum Gasteiger partial charge on any atom is 0.260 e. The van der Waals surface area contributed by atoms with Gasteiger partial charge in [0.15, 0.2) is 0 Å². The van der Waals surface area contributed by atoms with E-state index in [0.29, 0.717) is 27.8 Å². The van der Waals surface area contributed by atoms with Crippen molar-refractivity contribution in [2.45, 2.75) is 40.0 Å². The first-order chi connectivity index (χ1) is 14.3. The topological polar surface area (TPSA) is 62.1 Å². The Labute approximate surface area is 181 Å². The number of carbonyl (C=O) groups is 1. The summed E-state index contributed by atoms with van der Waals surface area (Å²) in [6.07, 6.45) is 2.94. The summed E-state index contributed by atoms with van der Waals surface area (Å²) >= 11 is 1.55. The predicted octanol–water partition coefficient (Wildman–Crippen LogP) is 6.18. The summed E-state index contributed by atoms with van der Waals surface area (Å²) in [5.41, 5.74) is 2.44. The van der Waals surface area contributed by atoms with E-state index < -0.39 is 0 Å². The predicted molar refractivity (Wildman–Crippen MR) is 122 cm³/mol. The first-order valence-corrected chi connectivity index (χ1v) is 11.1. The monoisotopic (exact) mass is 418 g/mol. The van der Waals surface area contributed by atoms with E-state index in [4.69, 9.17) is 4.74 Å². The molecule has 0 aliphatic heterocycles. The van der Waals surface area contributed by atoms with E-state index >= 15 is 0 Å². The van der Waals surface area contributed by atoms with Gasteiger partial charge in [0.1, 0.15) is 16.8 Å². The maximum atomic E-state index is 13.1. The lowest BCUT2D eigenvalue weighted by Gasteiger charge is -2.33. The van der Waals surface area contributed by atoms with Crippen molar-refractivity contribution in [1.82, 2.24) is 0 Å². The van der Waals surface area contributed by atoms with Crippen LogP contribution in [0.5, 0.6) is 5.75 Å². The van der Waals surface area contributed by atoms with Crippen LogP contribution in [-0.2, 0) is 12.8 Å². The molecular weight excluding hydrogens is 392 g/mol. The molecule has 0 saturated heterocycles. The number of nitriles is 1. The molecule has 0 radical (unpaired) electrons. The molecule has 1 heterocycles. The van der Waals surface area contributed by atoms with Crippen LogP contribution < -0.4 is 10.1 Å². The Balaban J connectivity index is 1.67. The van der Waals surface area contributed by atoms with Crippen molar-refractivity contribution in [2.24, 2.45) is 11.3 Å². The minimum absolute atomic E-state index is 0.232. The molecule has 2 aromatic carbocycles. The van der Waals surface area contributed by atoms with E-state index in [1.807, 2.05) is 36.4 Å². The molecule has 0 spiro atoms. The Morgan fingerprint density at radius 2 is 1.93 bits per heavy atom. The van der Waals surface area contributed by atoms with Crippen LogP contribution in [0.3, 0.4) is 0 Å². The number of amides is 1. The lowest BCUT2D eigenvalue weighted by molar-refractivity contribution is 0.102. The fraction of sp³-hybridized carbons (Fsp3) is 0.360. The lowest BCUT2D eigenvalue weighted by atomic mass is 9.72. The van der Waals surface area contributed by atoms with Crippen molar-refractivity contribution in [3.8, 4) is 11.8 Å². The number of carbonyl (C=O) groups excluding carboxylic acids is 1. The molecule has 1 N–H and O–H groups in total. The fourth-order valence-electron chi connectivity index (χ4n) is 4.27. The highest BCUT2D eigenvalue weighted by Crippen LogP contribution is 2.44. The number of hydrogen-bond donors (Lipinski definition) is 1. The Kier molecular flexibility index (Phi) is 5.29. The normalized spacial score (nSPS) is 16.0. The smallest absolute Gasteiger partial charge is 0.260 e. The van der Waals surface area contributed by atoms with E-state index in [2.05, 4.69) is 32.2 Å². The Morgan fingerprint density at radius 1 is 1.23 bits per heavy atom. The van der Waals surface area contributed by atoms with E-state index in [-0.39, 0.29) is 11.3 Å². The largest absolute Gasteiger partial charge is 0.496 e. The number of benzene rings is 2. The minimum atomic E-state index is -0.250. The van der Waals surface area contributed by atoms with Gasteiger partial charge in [0.25, 0.3) is 5.91 Å². The summed E-state index contributed by atoms with van der Waals surface area (Å²) in [7, 11) is 1.57. The summed E-state index contributed by atoms with van der Waals surface area (Å²) in [5.74, 6) is 0.859. The average Bonchev–Trinajstić information content (AvgIpc) is 3.08. The fourth-order valence-corrected chi connectivity index (χ4v) is 5.54. The maximum absolute atomic E-state index is 13.1. The van der Waals surface area contributed by atoms with Gasteiger partial charge in [-0.25, -0.2) is 0 Å². The molecule has 154 valence electrons. The van der Waals surface area contributed by atoms with Crippen LogP contribution >= 0.6 is 11.3 Å². The third-order valence-corrected chi connectivity index (χ3v) is 7.31. The Hall–Kier alpha value is -2.84. The molecule has 1 aliphatic rings. The lowest BCUT2D eigenvalue weighted by Crippen LogP contribution is -2.26. The number of nitrogens with one attached hydrogen (secondary N) is 1. The number of anilines is 1. The minimum Gasteiger partial charge on any atom is -0.496 e. The van der Waals surface area contributed by atoms with Crippen molar-refractivity contribution < 1.29 is 9.53 Å². The third-order valence-electron chi connectivity index (χ3n) is 6.14. The van der Waals surface area contributed by atoms with Gasteiger partial charge in [0, 0.05) is 4.88 Å². The third kappa shape index (κ3) is 3.68. The Bertz CT molecular complexity index is 1160. The van der Waals surface area contributed by atoms with Crippen molar-refractivity contribution in [2.75, 3.05) is 12.4 Å². The molecule has 0 unspecified atom stereocenters. The zero-order valence-corrected chi connectivity index (χ0v) is 18.7. The zero-order chi connectivity index (χ0) is 21.5. The molecule has 0 bridgehead atoms. The van der Waals surface area contributed by atoms with Crippen molar-refractivity contribution in [3.05, 3.63) is 58.0 Å². The van der Waals surface area contributed by atoms with Crippen molar-refractivity contribution in [3.63, 3.8) is 0 Å². The average molecular weight is 419 g/mol. The Morgan fingerprint density at radius 3 is 2.57 bits per heavy atom. The summed E-state index contributed by atoms with van der Waals surface area (Å²) in [5, 5.41) is 15.4. The van der Waals surface area contributed by atoms with Crippen LogP contribution in [0.15, 0.2) is 36.4 Å². The van der Waals surface area contributed by atoms with Crippen LogP contribution in [0.4, 0.5) is 5.00 Å². The first-order valence-electron chi connectivity index (χ1n) is 10.2. The molecule has 30 heavy (non-hydrogen) atoms. The molecule has 3 aromatic rings. The quantitative estimate of drug-likeness (QED) is 0.552. The second-order valence-electron chi connectivity index (χ2n) is 8.98. The summed E-state index contributed by atoms with van der Waals surface area (Å²) in [6.45, 7) is 6.82. The van der Waals surface area contributed by atoms with Gasteiger partial charge in [0.05, 0.1) is 18.2 Å². The van der Waals surface area contributed by atoms with Crippen molar-refractivity contribution in [1.29, 1.82) is 5.26 Å². The van der Waals surface area contributed by atoms with Gasteiger partial charge < -0.3 is 10.1 Å². The number of methoxy groups -OCH3 is 1. The summed E-state index contributed by atoms with van der Waals surface area (Å²) in [6, 6.07) is 13.9. The summed E-state index contributed by atoms with van der Waals surface area (Å²) < 4.78 is 5.48. The molecule has 1 atom stereocenters. The van der Waals surface area contributed by atoms with Crippen LogP contribution in [0.1, 0.15) is 53.6 Å². The second-order valence-corrected chi connectivity index (χ2v) is 10.1. The molecular formula is C25H26N2O2S. The van der Waals surface area contributed by atoms with Gasteiger partial charge in [-0.15, -0.1) is 11.3 Å². The number of hydrogen-bond acceptors (Lipinski definition) is 4. The number of rotatable bonds is 3. The highest BCUT2D eigenvalue weighted by molar-refractivity contribution is 7.16. The SMILES string of the molecule is COc1cc2ccccc2cc1C(=O)Nc1sc2c(c1C#N)CC[C@H](C(C)(C)C)C2. The molecule has 4 nitrogen and oxygen atoms in total. The standard InChI is InChI=1S/C25H26N2O2S/c1-25(2,3)17-9-10-18-20(14-26)24(30-22(18)13-17)27-23(28)19-11-15-7-5-6-8-16(15)12-21(19)29-4/h5-8,11-12,17H,9-10,13H2,1-4H3,(H,27,28)/t17-/m0/s1. The molecule has 0 saturated carbocycles. The van der Waals surface area contributed by atoms with Gasteiger partial charge in [-0.05, 0) is 59.1 Å². The second kappa shape index (κ2) is 7.77. The zero-order valence-electron chi connectivity index (χ0n) is 17.8. The van der Waals surface area contributed by atoms with Crippen molar-refractivity contribution >= 4 is 33.0 Å². The molecule has 1 aliphatic carbocycles. The van der Waals surface area contributed by atoms with E-state index in [1.165, 1.54) is 4.88 Å². The van der Waals surface area contributed by atoms with E-state index in [1.54, 1.807) is 18.4 Å². The highest BCUT2D eigenvalue weighted by Gasteiger charge is 2.32. The van der Waals surface area contributed by atoms with Gasteiger partial charge >= 0.3 is 0 Å². The van der Waals surface area contributed by atoms with E-state index in [9.17, 15) is 10.1 Å².